The van der Waals surface area contributed by atoms with Crippen LogP contribution in [-0.4, -0.2) is 29.4 Å². The summed E-state index contributed by atoms with van der Waals surface area (Å²) in [4.78, 5) is 21.5. The SMILES string of the molecule is C=Nc1c(N(C)C(C)C)ncn(C)c1=O. The second-order valence-corrected chi connectivity index (χ2v) is 3.70. The van der Waals surface area contributed by atoms with Gasteiger partial charge in [0.1, 0.15) is 0 Å². The number of nitrogens with zero attached hydrogens (tertiary/aromatic N) is 4. The summed E-state index contributed by atoms with van der Waals surface area (Å²) in [6.07, 6.45) is 1.49. The Morgan fingerprint density at radius 3 is 2.67 bits per heavy atom. The molecule has 0 N–H and O–H groups in total. The zero-order valence-corrected chi connectivity index (χ0v) is 9.56. The van der Waals surface area contributed by atoms with E-state index < -0.39 is 0 Å². The van der Waals surface area contributed by atoms with Crippen molar-refractivity contribution in [1.82, 2.24) is 9.55 Å². The topological polar surface area (TPSA) is 50.5 Å². The zero-order chi connectivity index (χ0) is 11.6. The second-order valence-electron chi connectivity index (χ2n) is 3.70. The van der Waals surface area contributed by atoms with Gasteiger partial charge in [-0.1, -0.05) is 0 Å². The molecule has 0 saturated heterocycles. The average molecular weight is 208 g/mol. The minimum Gasteiger partial charge on any atom is -0.355 e. The summed E-state index contributed by atoms with van der Waals surface area (Å²) in [5, 5.41) is 0. The van der Waals surface area contributed by atoms with Crippen LogP contribution in [0.25, 0.3) is 0 Å². The highest BCUT2D eigenvalue weighted by Crippen LogP contribution is 2.21. The fourth-order valence-electron chi connectivity index (χ4n) is 1.16. The van der Waals surface area contributed by atoms with Crippen molar-refractivity contribution in [3.63, 3.8) is 0 Å². The van der Waals surface area contributed by atoms with E-state index in [0.717, 1.165) is 0 Å². The van der Waals surface area contributed by atoms with Crippen LogP contribution in [0, 0.1) is 0 Å². The van der Waals surface area contributed by atoms with Crippen LogP contribution in [0.3, 0.4) is 0 Å². The summed E-state index contributed by atoms with van der Waals surface area (Å²) in [6, 6.07) is 0.255. The first-order valence-electron chi connectivity index (χ1n) is 4.74. The van der Waals surface area contributed by atoms with Crippen LogP contribution in [-0.2, 0) is 7.05 Å². The van der Waals surface area contributed by atoms with Crippen LogP contribution in [0.15, 0.2) is 16.1 Å². The Hall–Kier alpha value is -1.65. The molecular weight excluding hydrogens is 192 g/mol. The summed E-state index contributed by atoms with van der Waals surface area (Å²) < 4.78 is 1.39. The smallest absolute Gasteiger partial charge is 0.281 e. The molecule has 1 aromatic heterocycles. The van der Waals surface area contributed by atoms with Crippen molar-refractivity contribution in [2.24, 2.45) is 12.0 Å². The number of anilines is 1. The lowest BCUT2D eigenvalue weighted by atomic mass is 10.3. The number of aryl methyl sites for hydroxylation is 1. The maximum atomic E-state index is 11.7. The minimum absolute atomic E-state index is 0.178. The fourth-order valence-corrected chi connectivity index (χ4v) is 1.16. The Labute approximate surface area is 89.1 Å². The van der Waals surface area contributed by atoms with E-state index in [1.165, 1.54) is 10.9 Å². The number of aromatic nitrogens is 2. The third-order valence-electron chi connectivity index (χ3n) is 2.35. The van der Waals surface area contributed by atoms with Gasteiger partial charge in [0.2, 0.25) is 0 Å². The Morgan fingerprint density at radius 1 is 1.60 bits per heavy atom. The van der Waals surface area contributed by atoms with Crippen LogP contribution >= 0.6 is 0 Å². The van der Waals surface area contributed by atoms with Crippen LogP contribution in [0.5, 0.6) is 0 Å². The highest BCUT2D eigenvalue weighted by Gasteiger charge is 2.14. The van der Waals surface area contributed by atoms with Gasteiger partial charge >= 0.3 is 0 Å². The lowest BCUT2D eigenvalue weighted by Gasteiger charge is -2.23. The molecule has 0 radical (unpaired) electrons. The summed E-state index contributed by atoms with van der Waals surface area (Å²) >= 11 is 0. The predicted molar refractivity (Wildman–Crippen MR) is 62.2 cm³/mol. The molecule has 1 heterocycles. The molecular formula is C10H16N4O. The lowest BCUT2D eigenvalue weighted by Crippen LogP contribution is -2.29. The Morgan fingerprint density at radius 2 is 2.20 bits per heavy atom. The van der Waals surface area contributed by atoms with Gasteiger partial charge < -0.3 is 9.47 Å². The summed E-state index contributed by atoms with van der Waals surface area (Å²) in [5.41, 5.74) is 0.124. The number of hydrogen-bond donors (Lipinski definition) is 0. The van der Waals surface area contributed by atoms with Crippen LogP contribution in [0.1, 0.15) is 13.8 Å². The van der Waals surface area contributed by atoms with E-state index in [1.54, 1.807) is 7.05 Å². The molecule has 0 unspecified atom stereocenters. The third kappa shape index (κ3) is 2.06. The van der Waals surface area contributed by atoms with E-state index in [9.17, 15) is 4.79 Å². The molecule has 82 valence electrons. The van der Waals surface area contributed by atoms with E-state index in [-0.39, 0.29) is 11.6 Å². The van der Waals surface area contributed by atoms with Gasteiger partial charge in [0, 0.05) is 20.1 Å². The number of aliphatic imine (C=N–C) groups is 1. The third-order valence-corrected chi connectivity index (χ3v) is 2.35. The molecule has 0 aliphatic carbocycles. The Balaban J connectivity index is 3.37. The molecule has 1 aromatic rings. The molecule has 0 fully saturated rings. The summed E-state index contributed by atoms with van der Waals surface area (Å²) in [7, 11) is 3.52. The normalized spacial score (nSPS) is 10.5. The minimum atomic E-state index is -0.178. The number of hydrogen-bond acceptors (Lipinski definition) is 4. The van der Waals surface area contributed by atoms with Gasteiger partial charge in [-0.15, -0.1) is 0 Å². The molecule has 1 rings (SSSR count). The predicted octanol–water partition coefficient (Wildman–Crippen LogP) is 0.957. The molecule has 5 nitrogen and oxygen atoms in total. The molecule has 0 aromatic carbocycles. The van der Waals surface area contributed by atoms with Gasteiger partial charge in [-0.3, -0.25) is 9.79 Å². The molecule has 5 heteroatoms. The van der Waals surface area contributed by atoms with Gasteiger partial charge in [-0.25, -0.2) is 4.98 Å². The largest absolute Gasteiger partial charge is 0.355 e. The quantitative estimate of drug-likeness (QED) is 0.695. The van der Waals surface area contributed by atoms with E-state index in [1.807, 2.05) is 25.8 Å². The Kier molecular flexibility index (Phi) is 3.24. The zero-order valence-electron chi connectivity index (χ0n) is 9.56. The van der Waals surface area contributed by atoms with E-state index in [4.69, 9.17) is 0 Å². The van der Waals surface area contributed by atoms with Crippen molar-refractivity contribution in [2.75, 3.05) is 11.9 Å². The van der Waals surface area contributed by atoms with Crippen molar-refractivity contribution in [3.8, 4) is 0 Å². The summed E-state index contributed by atoms with van der Waals surface area (Å²) in [6.45, 7) is 7.44. The standard InChI is InChI=1S/C10H16N4O/c1-7(2)14(5)9-8(11-3)10(15)13(4)6-12-9/h6-7H,3H2,1-2,4-5H3. The van der Waals surface area contributed by atoms with Gasteiger partial charge in [0.15, 0.2) is 11.5 Å². The van der Waals surface area contributed by atoms with Crippen LogP contribution < -0.4 is 10.5 Å². The molecule has 0 aliphatic heterocycles. The van der Waals surface area contributed by atoms with Crippen LogP contribution in [0.4, 0.5) is 11.5 Å². The molecule has 15 heavy (non-hydrogen) atoms. The van der Waals surface area contributed by atoms with Gasteiger partial charge in [0.25, 0.3) is 5.56 Å². The van der Waals surface area contributed by atoms with Crippen molar-refractivity contribution in [1.29, 1.82) is 0 Å². The molecule has 0 atom stereocenters. The van der Waals surface area contributed by atoms with Gasteiger partial charge in [0.05, 0.1) is 6.33 Å². The van der Waals surface area contributed by atoms with Crippen molar-refractivity contribution in [3.05, 3.63) is 16.7 Å². The molecule has 0 aliphatic rings. The van der Waals surface area contributed by atoms with Crippen molar-refractivity contribution in [2.45, 2.75) is 19.9 Å². The second kappa shape index (κ2) is 4.25. The first-order valence-corrected chi connectivity index (χ1v) is 4.74. The Bertz CT molecular complexity index is 422. The summed E-state index contributed by atoms with van der Waals surface area (Å²) in [5.74, 6) is 0.572. The monoisotopic (exact) mass is 208 g/mol. The van der Waals surface area contributed by atoms with Crippen LogP contribution in [0.2, 0.25) is 0 Å². The van der Waals surface area contributed by atoms with Gasteiger partial charge in [-0.2, -0.15) is 0 Å². The molecule has 0 saturated carbocycles. The molecule has 0 bridgehead atoms. The maximum Gasteiger partial charge on any atom is 0.281 e. The van der Waals surface area contributed by atoms with Crippen molar-refractivity contribution >= 4 is 18.2 Å². The highest BCUT2D eigenvalue weighted by atomic mass is 16.1. The highest BCUT2D eigenvalue weighted by molar-refractivity contribution is 5.63. The lowest BCUT2D eigenvalue weighted by molar-refractivity contribution is 0.729. The van der Waals surface area contributed by atoms with Gasteiger partial charge in [-0.05, 0) is 20.6 Å². The molecule has 0 spiro atoms. The number of rotatable bonds is 3. The van der Waals surface area contributed by atoms with Crippen molar-refractivity contribution < 1.29 is 0 Å². The first kappa shape index (κ1) is 11.4. The maximum absolute atomic E-state index is 11.7. The van der Waals surface area contributed by atoms with E-state index in [0.29, 0.717) is 11.5 Å². The first-order chi connectivity index (χ1) is 6.99. The average Bonchev–Trinajstić information content (AvgIpc) is 2.20. The fraction of sp³-hybridized carbons (Fsp3) is 0.500. The molecule has 0 amide bonds. The van der Waals surface area contributed by atoms with E-state index >= 15 is 0 Å². The van der Waals surface area contributed by atoms with E-state index in [2.05, 4.69) is 16.7 Å².